The second-order valence-corrected chi connectivity index (χ2v) is 3.55. The highest BCUT2D eigenvalue weighted by Crippen LogP contribution is 2.23. The molecular weight excluding hydrogens is 192 g/mol. The van der Waals surface area contributed by atoms with Crippen LogP contribution in [-0.2, 0) is 11.2 Å². The molecule has 1 rings (SSSR count). The Hall–Kier alpha value is -1.51. The van der Waals surface area contributed by atoms with E-state index in [1.807, 2.05) is 32.9 Å². The van der Waals surface area contributed by atoms with Gasteiger partial charge in [0.25, 0.3) is 0 Å². The van der Waals surface area contributed by atoms with Gasteiger partial charge >= 0.3 is 5.97 Å². The molecule has 3 nitrogen and oxygen atoms in total. The van der Waals surface area contributed by atoms with Crippen molar-refractivity contribution in [2.24, 2.45) is 0 Å². The zero-order valence-corrected chi connectivity index (χ0v) is 9.33. The van der Waals surface area contributed by atoms with E-state index < -0.39 is 5.97 Å². The topological polar surface area (TPSA) is 46.5 Å². The average molecular weight is 208 g/mol. The normalized spacial score (nSPS) is 10.1. The molecule has 0 spiro atoms. The van der Waals surface area contributed by atoms with Crippen LogP contribution in [-0.4, -0.2) is 17.7 Å². The van der Waals surface area contributed by atoms with Gasteiger partial charge in [-0.05, 0) is 43.5 Å². The van der Waals surface area contributed by atoms with Crippen LogP contribution in [0.1, 0.15) is 23.6 Å². The SMILES string of the molecule is CCOc1cc(C)c(CC(=O)O)cc1C. The predicted molar refractivity (Wildman–Crippen MR) is 58.4 cm³/mol. The Morgan fingerprint density at radius 3 is 2.53 bits per heavy atom. The van der Waals surface area contributed by atoms with Gasteiger partial charge in [-0.25, -0.2) is 0 Å². The second-order valence-electron chi connectivity index (χ2n) is 3.55. The van der Waals surface area contributed by atoms with Crippen molar-refractivity contribution in [3.63, 3.8) is 0 Å². The molecule has 15 heavy (non-hydrogen) atoms. The number of carboxylic acid groups (broad SMARTS) is 1. The van der Waals surface area contributed by atoms with Gasteiger partial charge in [-0.1, -0.05) is 6.07 Å². The van der Waals surface area contributed by atoms with Gasteiger partial charge in [0.15, 0.2) is 0 Å². The maximum atomic E-state index is 10.6. The molecule has 1 N–H and O–H groups in total. The Labute approximate surface area is 89.7 Å². The van der Waals surface area contributed by atoms with Crippen molar-refractivity contribution in [1.29, 1.82) is 0 Å². The number of carbonyl (C=O) groups is 1. The van der Waals surface area contributed by atoms with Crippen molar-refractivity contribution in [3.05, 3.63) is 28.8 Å². The molecule has 0 heterocycles. The average Bonchev–Trinajstić information content (AvgIpc) is 2.13. The van der Waals surface area contributed by atoms with Crippen LogP contribution in [0.25, 0.3) is 0 Å². The van der Waals surface area contributed by atoms with E-state index in [0.29, 0.717) is 6.61 Å². The minimum Gasteiger partial charge on any atom is -0.494 e. The molecule has 0 unspecified atom stereocenters. The molecule has 0 aromatic heterocycles. The first kappa shape index (κ1) is 11.6. The van der Waals surface area contributed by atoms with Crippen molar-refractivity contribution in [3.8, 4) is 5.75 Å². The second kappa shape index (κ2) is 4.82. The molecular formula is C12H16O3. The third-order valence-corrected chi connectivity index (χ3v) is 2.28. The smallest absolute Gasteiger partial charge is 0.307 e. The zero-order chi connectivity index (χ0) is 11.4. The highest BCUT2D eigenvalue weighted by Gasteiger charge is 2.08. The van der Waals surface area contributed by atoms with Crippen LogP contribution >= 0.6 is 0 Å². The lowest BCUT2D eigenvalue weighted by molar-refractivity contribution is -0.136. The summed E-state index contributed by atoms with van der Waals surface area (Å²) in [6, 6.07) is 3.78. The third-order valence-electron chi connectivity index (χ3n) is 2.28. The molecule has 0 aliphatic heterocycles. The third kappa shape index (κ3) is 2.98. The Morgan fingerprint density at radius 1 is 1.33 bits per heavy atom. The fraction of sp³-hybridized carbons (Fsp3) is 0.417. The quantitative estimate of drug-likeness (QED) is 0.826. The molecule has 0 aliphatic rings. The molecule has 0 bridgehead atoms. The maximum Gasteiger partial charge on any atom is 0.307 e. The van der Waals surface area contributed by atoms with Gasteiger partial charge in [-0.3, -0.25) is 4.79 Å². The lowest BCUT2D eigenvalue weighted by atomic mass is 10.0. The molecule has 82 valence electrons. The minimum atomic E-state index is -0.804. The Bertz CT molecular complexity index is 369. The van der Waals surface area contributed by atoms with E-state index in [1.165, 1.54) is 0 Å². The van der Waals surface area contributed by atoms with Gasteiger partial charge < -0.3 is 9.84 Å². The van der Waals surface area contributed by atoms with E-state index in [-0.39, 0.29) is 6.42 Å². The van der Waals surface area contributed by atoms with E-state index in [9.17, 15) is 4.79 Å². The molecule has 0 radical (unpaired) electrons. The van der Waals surface area contributed by atoms with Crippen LogP contribution in [0, 0.1) is 13.8 Å². The molecule has 0 saturated heterocycles. The molecule has 0 aliphatic carbocycles. The van der Waals surface area contributed by atoms with Crippen LogP contribution in [0.5, 0.6) is 5.75 Å². The molecule has 0 amide bonds. The van der Waals surface area contributed by atoms with E-state index >= 15 is 0 Å². The van der Waals surface area contributed by atoms with Gasteiger partial charge in [-0.15, -0.1) is 0 Å². The highest BCUT2D eigenvalue weighted by atomic mass is 16.5. The van der Waals surface area contributed by atoms with E-state index in [4.69, 9.17) is 9.84 Å². The Balaban J connectivity index is 3.02. The van der Waals surface area contributed by atoms with Gasteiger partial charge in [0.2, 0.25) is 0 Å². The standard InChI is InChI=1S/C12H16O3/c1-4-15-11-6-8(2)10(5-9(11)3)7-12(13)14/h5-6H,4,7H2,1-3H3,(H,13,14). The van der Waals surface area contributed by atoms with E-state index in [1.54, 1.807) is 0 Å². The predicted octanol–water partition coefficient (Wildman–Crippen LogP) is 2.33. The largest absolute Gasteiger partial charge is 0.494 e. The summed E-state index contributed by atoms with van der Waals surface area (Å²) in [5.74, 6) is 0.0331. The lowest BCUT2D eigenvalue weighted by Crippen LogP contribution is -2.03. The summed E-state index contributed by atoms with van der Waals surface area (Å²) < 4.78 is 5.43. The summed E-state index contributed by atoms with van der Waals surface area (Å²) in [7, 11) is 0. The molecule has 1 aromatic rings. The number of aryl methyl sites for hydroxylation is 2. The molecule has 1 aromatic carbocycles. The first-order valence-electron chi connectivity index (χ1n) is 4.99. The summed E-state index contributed by atoms with van der Waals surface area (Å²) in [5, 5.41) is 8.72. The molecule has 0 saturated carbocycles. The van der Waals surface area contributed by atoms with Crippen LogP contribution in [0.4, 0.5) is 0 Å². The number of carboxylic acids is 1. The number of ether oxygens (including phenoxy) is 1. The zero-order valence-electron chi connectivity index (χ0n) is 9.33. The van der Waals surface area contributed by atoms with Crippen molar-refractivity contribution >= 4 is 5.97 Å². The molecule has 0 fully saturated rings. The Kier molecular flexibility index (Phi) is 3.72. The number of aliphatic carboxylic acids is 1. The van der Waals surface area contributed by atoms with Gasteiger partial charge in [0, 0.05) is 0 Å². The molecule has 3 heteroatoms. The fourth-order valence-electron chi connectivity index (χ4n) is 1.51. The summed E-state index contributed by atoms with van der Waals surface area (Å²) in [4.78, 5) is 10.6. The highest BCUT2D eigenvalue weighted by molar-refractivity contribution is 5.71. The molecule has 0 atom stereocenters. The summed E-state index contributed by atoms with van der Waals surface area (Å²) in [6.07, 6.45) is 0.0685. The minimum absolute atomic E-state index is 0.0685. The van der Waals surface area contributed by atoms with Gasteiger partial charge in [0.05, 0.1) is 13.0 Å². The van der Waals surface area contributed by atoms with Gasteiger partial charge in [-0.2, -0.15) is 0 Å². The van der Waals surface area contributed by atoms with Crippen LogP contribution in [0.3, 0.4) is 0 Å². The summed E-state index contributed by atoms with van der Waals surface area (Å²) in [5.41, 5.74) is 2.80. The number of rotatable bonds is 4. The van der Waals surface area contributed by atoms with Crippen molar-refractivity contribution in [2.75, 3.05) is 6.61 Å². The fourth-order valence-corrected chi connectivity index (χ4v) is 1.51. The summed E-state index contributed by atoms with van der Waals surface area (Å²) in [6.45, 7) is 6.38. The van der Waals surface area contributed by atoms with Crippen LogP contribution in [0.2, 0.25) is 0 Å². The lowest BCUT2D eigenvalue weighted by Gasteiger charge is -2.11. The first-order valence-corrected chi connectivity index (χ1v) is 4.99. The van der Waals surface area contributed by atoms with Crippen LogP contribution in [0.15, 0.2) is 12.1 Å². The monoisotopic (exact) mass is 208 g/mol. The first-order chi connectivity index (χ1) is 7.04. The van der Waals surface area contributed by atoms with Crippen molar-refractivity contribution in [1.82, 2.24) is 0 Å². The van der Waals surface area contributed by atoms with E-state index in [2.05, 4.69) is 0 Å². The van der Waals surface area contributed by atoms with E-state index in [0.717, 1.165) is 22.4 Å². The van der Waals surface area contributed by atoms with Crippen LogP contribution < -0.4 is 4.74 Å². The number of hydrogen-bond donors (Lipinski definition) is 1. The number of benzene rings is 1. The Morgan fingerprint density at radius 2 is 2.00 bits per heavy atom. The van der Waals surface area contributed by atoms with Crippen molar-refractivity contribution in [2.45, 2.75) is 27.2 Å². The summed E-state index contributed by atoms with van der Waals surface area (Å²) >= 11 is 0. The number of hydrogen-bond acceptors (Lipinski definition) is 2. The van der Waals surface area contributed by atoms with Gasteiger partial charge in [0.1, 0.15) is 5.75 Å². The van der Waals surface area contributed by atoms with Crippen molar-refractivity contribution < 1.29 is 14.6 Å². The maximum absolute atomic E-state index is 10.6.